The second kappa shape index (κ2) is 11.9. The lowest BCUT2D eigenvalue weighted by atomic mass is 10.2. The molecule has 0 radical (unpaired) electrons. The first-order chi connectivity index (χ1) is 19.1. The summed E-state index contributed by atoms with van der Waals surface area (Å²) in [6, 6.07) is 1.83. The summed E-state index contributed by atoms with van der Waals surface area (Å²) in [5, 5.41) is 7.32. The van der Waals surface area contributed by atoms with Gasteiger partial charge in [-0.05, 0) is 51.8 Å². The van der Waals surface area contributed by atoms with E-state index < -0.39 is 21.4 Å². The topological polar surface area (TPSA) is 169 Å². The van der Waals surface area contributed by atoms with Crippen LogP contribution in [-0.4, -0.2) is 73.7 Å². The average molecular weight is 570 g/mol. The van der Waals surface area contributed by atoms with Crippen molar-refractivity contribution in [3.05, 3.63) is 54.1 Å². The summed E-state index contributed by atoms with van der Waals surface area (Å²) in [4.78, 5) is 21.2. The molecule has 40 heavy (non-hydrogen) atoms. The van der Waals surface area contributed by atoms with E-state index in [-0.39, 0.29) is 41.1 Å². The number of methoxy groups -OCH3 is 2. The first kappa shape index (κ1) is 28.8. The number of hydrogen-bond donors (Lipinski definition) is 1. The molecule has 0 spiro atoms. The van der Waals surface area contributed by atoms with Crippen LogP contribution in [0.25, 0.3) is 17.1 Å². The third kappa shape index (κ3) is 5.99. The van der Waals surface area contributed by atoms with Crippen molar-refractivity contribution in [2.75, 3.05) is 18.9 Å². The number of rotatable bonds is 11. The highest BCUT2D eigenvalue weighted by Crippen LogP contribution is 2.36. The van der Waals surface area contributed by atoms with E-state index in [1.165, 1.54) is 32.0 Å². The molecule has 4 heterocycles. The number of nitrogens with zero attached hydrogens (tertiary/aromatic N) is 8. The summed E-state index contributed by atoms with van der Waals surface area (Å²) in [5.74, 6) is 0.560. The zero-order valence-corrected chi connectivity index (χ0v) is 24.0. The Labute approximate surface area is 232 Å². The standard InChI is InChI=1S/C25H31N9O5S/c1-14(2)39-20(21-27-10-16(4)11-28-21)17(5)40(35,36)33-25-32-31-22(18-8-15(3)9-26-12-18)34(25)19-23(37-6)29-13-30-24(19)38-7/h8-14,17,20H,1-7H3,(H,32,33)/t17-,20+/m0/s1. The van der Waals surface area contributed by atoms with E-state index in [1.807, 2.05) is 19.9 Å². The van der Waals surface area contributed by atoms with Crippen molar-refractivity contribution in [2.45, 2.75) is 52.1 Å². The Balaban J connectivity index is 1.85. The van der Waals surface area contributed by atoms with E-state index >= 15 is 0 Å². The minimum absolute atomic E-state index is 0.107. The fourth-order valence-corrected chi connectivity index (χ4v) is 4.95. The maximum Gasteiger partial charge on any atom is 0.245 e. The maximum atomic E-state index is 13.8. The first-order valence-electron chi connectivity index (χ1n) is 12.3. The Morgan fingerprint density at radius 2 is 1.52 bits per heavy atom. The normalized spacial score (nSPS) is 13.2. The van der Waals surface area contributed by atoms with E-state index in [9.17, 15) is 8.42 Å². The monoisotopic (exact) mass is 569 g/mol. The summed E-state index contributed by atoms with van der Waals surface area (Å²) in [6.07, 6.45) is 6.48. The average Bonchev–Trinajstić information content (AvgIpc) is 3.33. The molecule has 4 rings (SSSR count). The van der Waals surface area contributed by atoms with Crippen molar-refractivity contribution >= 4 is 16.0 Å². The van der Waals surface area contributed by atoms with Gasteiger partial charge in [0.2, 0.25) is 27.7 Å². The van der Waals surface area contributed by atoms with Gasteiger partial charge in [0.15, 0.2) is 17.3 Å². The summed E-state index contributed by atoms with van der Waals surface area (Å²) >= 11 is 0. The van der Waals surface area contributed by atoms with Crippen molar-refractivity contribution in [3.63, 3.8) is 0 Å². The van der Waals surface area contributed by atoms with Gasteiger partial charge in [-0.25, -0.2) is 18.4 Å². The Morgan fingerprint density at radius 1 is 0.875 bits per heavy atom. The molecule has 0 saturated heterocycles. The molecule has 0 aromatic carbocycles. The van der Waals surface area contributed by atoms with Gasteiger partial charge in [-0.3, -0.25) is 14.3 Å². The molecule has 2 atom stereocenters. The fraction of sp³-hybridized carbons (Fsp3) is 0.400. The molecule has 212 valence electrons. The van der Waals surface area contributed by atoms with Gasteiger partial charge in [0.05, 0.1) is 20.3 Å². The molecule has 15 heteroatoms. The first-order valence-corrected chi connectivity index (χ1v) is 13.9. The summed E-state index contributed by atoms with van der Waals surface area (Å²) in [7, 11) is -1.34. The van der Waals surface area contributed by atoms with Crippen molar-refractivity contribution in [1.82, 2.24) is 39.7 Å². The van der Waals surface area contributed by atoms with Gasteiger partial charge in [-0.2, -0.15) is 9.97 Å². The fourth-order valence-electron chi connectivity index (χ4n) is 3.87. The molecule has 0 unspecified atom stereocenters. The number of aryl methyl sites for hydroxylation is 2. The molecule has 0 bridgehead atoms. The van der Waals surface area contributed by atoms with Crippen LogP contribution in [0.4, 0.5) is 5.95 Å². The zero-order chi connectivity index (χ0) is 29.0. The van der Waals surface area contributed by atoms with E-state index in [0.29, 0.717) is 5.56 Å². The molecular formula is C25H31N9O5S. The molecule has 14 nitrogen and oxygen atoms in total. The highest BCUT2D eigenvalue weighted by atomic mass is 32.2. The molecule has 0 saturated carbocycles. The summed E-state index contributed by atoms with van der Waals surface area (Å²) in [5.41, 5.74) is 2.45. The van der Waals surface area contributed by atoms with Crippen molar-refractivity contribution < 1.29 is 22.6 Å². The highest BCUT2D eigenvalue weighted by Gasteiger charge is 2.36. The number of sulfonamides is 1. The second-order valence-corrected chi connectivity index (χ2v) is 11.3. The van der Waals surface area contributed by atoms with Gasteiger partial charge < -0.3 is 14.2 Å². The van der Waals surface area contributed by atoms with Gasteiger partial charge in [0.1, 0.15) is 17.7 Å². The minimum atomic E-state index is -4.18. The Morgan fingerprint density at radius 3 is 2.10 bits per heavy atom. The van der Waals surface area contributed by atoms with Crippen LogP contribution in [0, 0.1) is 13.8 Å². The largest absolute Gasteiger partial charge is 0.479 e. The predicted molar refractivity (Wildman–Crippen MR) is 146 cm³/mol. The molecule has 0 aliphatic heterocycles. The van der Waals surface area contributed by atoms with Crippen LogP contribution in [-0.2, 0) is 14.8 Å². The Bertz CT molecular complexity index is 1550. The quantitative estimate of drug-likeness (QED) is 0.281. The summed E-state index contributed by atoms with van der Waals surface area (Å²) in [6.45, 7) is 8.84. The van der Waals surface area contributed by atoms with Crippen LogP contribution in [0.1, 0.15) is 43.8 Å². The molecule has 0 aliphatic carbocycles. The van der Waals surface area contributed by atoms with E-state index in [0.717, 1.165) is 11.1 Å². The number of nitrogens with one attached hydrogen (secondary N) is 1. The number of aromatic nitrogens is 8. The van der Waals surface area contributed by atoms with E-state index in [2.05, 4.69) is 39.8 Å². The third-order valence-electron chi connectivity index (χ3n) is 5.79. The zero-order valence-electron chi connectivity index (χ0n) is 23.2. The van der Waals surface area contributed by atoms with Crippen LogP contribution in [0.3, 0.4) is 0 Å². The Kier molecular flexibility index (Phi) is 8.54. The number of hydrogen-bond acceptors (Lipinski definition) is 12. The molecule has 4 aromatic heterocycles. The van der Waals surface area contributed by atoms with Crippen LogP contribution in [0.5, 0.6) is 11.8 Å². The molecule has 4 aromatic rings. The van der Waals surface area contributed by atoms with Crippen molar-refractivity contribution in [3.8, 4) is 28.8 Å². The van der Waals surface area contributed by atoms with Crippen LogP contribution in [0.15, 0.2) is 37.2 Å². The third-order valence-corrected chi connectivity index (χ3v) is 7.48. The Hall–Kier alpha value is -4.24. The predicted octanol–water partition coefficient (Wildman–Crippen LogP) is 2.84. The van der Waals surface area contributed by atoms with Gasteiger partial charge in [0, 0.05) is 30.4 Å². The lowest BCUT2D eigenvalue weighted by Gasteiger charge is -2.25. The molecule has 1 N–H and O–H groups in total. The van der Waals surface area contributed by atoms with Crippen LogP contribution < -0.4 is 14.2 Å². The van der Waals surface area contributed by atoms with Gasteiger partial charge in [0.25, 0.3) is 0 Å². The van der Waals surface area contributed by atoms with E-state index in [1.54, 1.807) is 38.6 Å². The van der Waals surface area contributed by atoms with Crippen LogP contribution >= 0.6 is 0 Å². The van der Waals surface area contributed by atoms with Gasteiger partial charge >= 0.3 is 0 Å². The van der Waals surface area contributed by atoms with Crippen molar-refractivity contribution in [2.24, 2.45) is 0 Å². The second-order valence-electron chi connectivity index (χ2n) is 9.25. The van der Waals surface area contributed by atoms with Gasteiger partial charge in [-0.1, -0.05) is 0 Å². The van der Waals surface area contributed by atoms with Crippen molar-refractivity contribution in [1.29, 1.82) is 0 Å². The van der Waals surface area contributed by atoms with Gasteiger partial charge in [-0.15, -0.1) is 10.2 Å². The molecular weight excluding hydrogens is 538 g/mol. The smallest absolute Gasteiger partial charge is 0.245 e. The lowest BCUT2D eigenvalue weighted by Crippen LogP contribution is -2.35. The summed E-state index contributed by atoms with van der Waals surface area (Å²) < 4.78 is 48.6. The molecule has 0 fully saturated rings. The lowest BCUT2D eigenvalue weighted by molar-refractivity contribution is 0.00152. The maximum absolute atomic E-state index is 13.8. The number of anilines is 1. The minimum Gasteiger partial charge on any atom is -0.479 e. The molecule has 0 aliphatic rings. The highest BCUT2D eigenvalue weighted by molar-refractivity contribution is 7.93. The van der Waals surface area contributed by atoms with Crippen LogP contribution in [0.2, 0.25) is 0 Å². The van der Waals surface area contributed by atoms with E-state index in [4.69, 9.17) is 14.2 Å². The number of pyridine rings is 1. The molecule has 0 amide bonds. The number of ether oxygens (including phenoxy) is 3. The SMILES string of the molecule is COc1ncnc(OC)c1-n1c(NS(=O)(=O)[C@@H](C)[C@@H](OC(C)C)c2ncc(C)cn2)nnc1-c1cncc(C)c1.